The van der Waals surface area contributed by atoms with Gasteiger partial charge in [-0.15, -0.1) is 0 Å². The number of aliphatic imine (C=N–C) groups is 1. The van der Waals surface area contributed by atoms with Crippen LogP contribution < -0.4 is 11.1 Å². The van der Waals surface area contributed by atoms with Crippen LogP contribution in [0.4, 0.5) is 0 Å². The van der Waals surface area contributed by atoms with Crippen molar-refractivity contribution in [2.75, 3.05) is 0 Å². The van der Waals surface area contributed by atoms with E-state index in [9.17, 15) is 19.2 Å². The molecule has 0 saturated carbocycles. The van der Waals surface area contributed by atoms with Crippen LogP contribution in [0.3, 0.4) is 0 Å². The monoisotopic (exact) mass is 391 g/mol. The van der Waals surface area contributed by atoms with Gasteiger partial charge in [0.25, 0.3) is 5.91 Å². The molecule has 4 rings (SSSR count). The molecule has 0 aromatic carbocycles. The Kier molecular flexibility index (Phi) is 3.51. The van der Waals surface area contributed by atoms with E-state index in [4.69, 9.17) is 19.9 Å². The molecule has 0 aromatic rings. The summed E-state index contributed by atoms with van der Waals surface area (Å²) in [7, 11) is 0. The van der Waals surface area contributed by atoms with Crippen molar-refractivity contribution in [2.45, 2.75) is 52.6 Å². The molecule has 28 heavy (non-hydrogen) atoms. The summed E-state index contributed by atoms with van der Waals surface area (Å²) in [5.41, 5.74) is 2.66. The molecule has 2 fully saturated rings. The summed E-state index contributed by atoms with van der Waals surface area (Å²) in [6, 6.07) is 0. The summed E-state index contributed by atoms with van der Waals surface area (Å²) in [6.07, 6.45) is -2.35. The highest BCUT2D eigenvalue weighted by Crippen LogP contribution is 2.70. The Morgan fingerprint density at radius 3 is 2.61 bits per heavy atom. The Labute approximate surface area is 160 Å². The van der Waals surface area contributed by atoms with Crippen molar-refractivity contribution in [3.8, 4) is 0 Å². The second-order valence-electron chi connectivity index (χ2n) is 8.51. The fraction of sp³-hybridized carbons (Fsp3) is 0.611. The van der Waals surface area contributed by atoms with Crippen LogP contribution in [0.2, 0.25) is 0 Å². The molecule has 0 bridgehead atoms. The van der Waals surface area contributed by atoms with E-state index < -0.39 is 58.5 Å². The number of amides is 1. The maximum Gasteiger partial charge on any atom is 0.320 e. The number of ether oxygens (including phenoxy) is 3. The van der Waals surface area contributed by atoms with Crippen molar-refractivity contribution < 1.29 is 33.4 Å². The molecule has 1 aliphatic carbocycles. The van der Waals surface area contributed by atoms with Crippen LogP contribution in [0, 0.1) is 16.2 Å². The molecular formula is C18H21N3O7. The molecule has 1 amide bonds. The molecule has 2 saturated heterocycles. The average molecular weight is 391 g/mol. The minimum Gasteiger partial charge on any atom is -0.457 e. The lowest BCUT2D eigenvalue weighted by Gasteiger charge is -2.45. The topological polar surface area (TPSA) is 146 Å². The van der Waals surface area contributed by atoms with E-state index >= 15 is 0 Å². The third kappa shape index (κ3) is 2.00. The molecular weight excluding hydrogens is 370 g/mol. The highest BCUT2D eigenvalue weighted by molar-refractivity contribution is 6.03. The van der Waals surface area contributed by atoms with Crippen molar-refractivity contribution >= 4 is 29.8 Å². The first-order valence-electron chi connectivity index (χ1n) is 8.89. The van der Waals surface area contributed by atoms with Crippen molar-refractivity contribution in [1.82, 2.24) is 5.32 Å². The van der Waals surface area contributed by atoms with Gasteiger partial charge in [-0.05, 0) is 17.1 Å². The Bertz CT molecular complexity index is 886. The van der Waals surface area contributed by atoms with Gasteiger partial charge in [0.05, 0.1) is 6.42 Å². The van der Waals surface area contributed by atoms with Gasteiger partial charge in [0.2, 0.25) is 6.23 Å². The van der Waals surface area contributed by atoms with E-state index in [-0.39, 0.29) is 12.4 Å². The number of rotatable bonds is 1. The van der Waals surface area contributed by atoms with E-state index in [1.165, 1.54) is 0 Å². The molecule has 3 N–H and O–H groups in total. The smallest absolute Gasteiger partial charge is 0.320 e. The fourth-order valence-corrected chi connectivity index (χ4v) is 5.08. The highest BCUT2D eigenvalue weighted by Gasteiger charge is 2.84. The third-order valence-corrected chi connectivity index (χ3v) is 5.89. The number of nitrogens with two attached hydrogens (primary N) is 1. The normalized spacial score (nSPS) is 38.9. The van der Waals surface area contributed by atoms with Crippen LogP contribution in [0.1, 0.15) is 34.1 Å². The summed E-state index contributed by atoms with van der Waals surface area (Å²) in [4.78, 5) is 54.4. The molecule has 0 aromatic heterocycles. The van der Waals surface area contributed by atoms with Gasteiger partial charge in [-0.1, -0.05) is 20.8 Å². The minimum atomic E-state index is -1.57. The molecule has 0 radical (unpaired) electrons. The number of nitrogens with one attached hydrogen (secondary N) is 1. The van der Waals surface area contributed by atoms with Crippen LogP contribution in [0.5, 0.6) is 0 Å². The number of guanidine groups is 1. The van der Waals surface area contributed by atoms with Gasteiger partial charge in [-0.2, -0.15) is 0 Å². The second-order valence-corrected chi connectivity index (χ2v) is 8.51. The molecule has 0 unspecified atom stereocenters. The predicted octanol–water partition coefficient (Wildman–Crippen LogP) is -0.480. The molecule has 3 aliphatic heterocycles. The van der Waals surface area contributed by atoms with Crippen molar-refractivity contribution in [2.24, 2.45) is 27.0 Å². The van der Waals surface area contributed by atoms with E-state index in [1.54, 1.807) is 6.08 Å². The summed E-state index contributed by atoms with van der Waals surface area (Å²) in [6.45, 7) is 6.79. The Morgan fingerprint density at radius 1 is 1.32 bits per heavy atom. The quantitative estimate of drug-likeness (QED) is 0.346. The first-order valence-corrected chi connectivity index (χ1v) is 8.89. The zero-order valence-electron chi connectivity index (χ0n) is 15.9. The summed E-state index contributed by atoms with van der Waals surface area (Å²) in [5, 5.41) is 2.38. The maximum atomic E-state index is 13.1. The Morgan fingerprint density at radius 2 is 2.00 bits per heavy atom. The van der Waals surface area contributed by atoms with Gasteiger partial charge in [-0.3, -0.25) is 24.5 Å². The second kappa shape index (κ2) is 5.33. The zero-order valence-corrected chi connectivity index (χ0v) is 15.9. The minimum absolute atomic E-state index is 0.268. The van der Waals surface area contributed by atoms with Crippen LogP contribution in [-0.2, 0) is 33.4 Å². The molecule has 4 aliphatic rings. The maximum absolute atomic E-state index is 13.1. The van der Waals surface area contributed by atoms with Crippen LogP contribution in [-0.4, -0.2) is 48.2 Å². The van der Waals surface area contributed by atoms with E-state index in [2.05, 4.69) is 10.3 Å². The first kappa shape index (κ1) is 18.5. The van der Waals surface area contributed by atoms with Gasteiger partial charge < -0.3 is 19.9 Å². The lowest BCUT2D eigenvalue weighted by Crippen LogP contribution is -2.60. The fourth-order valence-electron chi connectivity index (χ4n) is 5.08. The number of nitrogens with zero attached hydrogens (tertiary/aromatic N) is 1. The highest BCUT2D eigenvalue weighted by atomic mass is 16.6. The first-order chi connectivity index (χ1) is 12.9. The summed E-state index contributed by atoms with van der Waals surface area (Å²) in [5.74, 6) is -3.07. The number of hydrogen-bond donors (Lipinski definition) is 2. The zero-order chi connectivity index (χ0) is 20.6. The van der Waals surface area contributed by atoms with Gasteiger partial charge in [-0.25, -0.2) is 4.99 Å². The van der Waals surface area contributed by atoms with E-state index in [0.29, 0.717) is 5.57 Å². The van der Waals surface area contributed by atoms with Crippen molar-refractivity contribution in [3.05, 3.63) is 11.6 Å². The van der Waals surface area contributed by atoms with E-state index in [1.807, 2.05) is 20.8 Å². The van der Waals surface area contributed by atoms with Crippen molar-refractivity contribution in [3.63, 3.8) is 0 Å². The van der Waals surface area contributed by atoms with Gasteiger partial charge in [0, 0.05) is 6.92 Å². The Balaban J connectivity index is 2.08. The number of carbonyl (C=O) groups is 4. The Hall–Kier alpha value is -2.91. The molecule has 2 spiro atoms. The van der Waals surface area contributed by atoms with Gasteiger partial charge in [0.15, 0.2) is 12.1 Å². The SMILES string of the molecule is CC(=O)O[C@H]1C(=O)NC(N)=N[C@H]2OC(=O)[C@]34CC(=O)O[C@H]3C=C(C(C)(C)C)[C@@]214. The average Bonchev–Trinajstić information content (AvgIpc) is 3.06. The summed E-state index contributed by atoms with van der Waals surface area (Å²) < 4.78 is 16.4. The number of hydrogen-bond acceptors (Lipinski definition) is 9. The number of carbonyl (C=O) groups excluding carboxylic acids is 4. The lowest BCUT2D eigenvalue weighted by atomic mass is 9.55. The molecule has 5 atom stereocenters. The lowest BCUT2D eigenvalue weighted by molar-refractivity contribution is -0.168. The molecule has 10 nitrogen and oxygen atoms in total. The molecule has 10 heteroatoms. The number of esters is 3. The standard InChI is InChI=1S/C18H21N3O7/c1-7(22)26-11-12(24)20-15(19)21-13-18(11)8(16(2,3)4)5-9-17(18,14(25)28-13)6-10(23)27-9/h5,9,11,13H,6H2,1-4H3,(H3,19,20,21,24)/t9-,11-,13-,17-,18-/m0/s1. The molecule has 150 valence electrons. The third-order valence-electron chi connectivity index (χ3n) is 5.89. The molecule has 3 heterocycles. The van der Waals surface area contributed by atoms with Crippen LogP contribution >= 0.6 is 0 Å². The van der Waals surface area contributed by atoms with Crippen LogP contribution in [0.25, 0.3) is 0 Å². The summed E-state index contributed by atoms with van der Waals surface area (Å²) >= 11 is 0. The predicted molar refractivity (Wildman–Crippen MR) is 92.1 cm³/mol. The van der Waals surface area contributed by atoms with E-state index in [0.717, 1.165) is 6.92 Å². The van der Waals surface area contributed by atoms with Crippen molar-refractivity contribution in [1.29, 1.82) is 0 Å². The van der Waals surface area contributed by atoms with Crippen LogP contribution in [0.15, 0.2) is 16.6 Å². The van der Waals surface area contributed by atoms with Gasteiger partial charge >= 0.3 is 17.9 Å². The van der Waals surface area contributed by atoms with Gasteiger partial charge in [0.1, 0.15) is 16.9 Å². The largest absolute Gasteiger partial charge is 0.457 e.